The molecule has 0 aliphatic heterocycles. The average Bonchev–Trinajstić information content (AvgIpc) is 2.28. The molecule has 0 unspecified atom stereocenters. The molecule has 92 valence electrons. The Morgan fingerprint density at radius 1 is 1.38 bits per heavy atom. The van der Waals surface area contributed by atoms with Crippen molar-refractivity contribution in [3.8, 4) is 0 Å². The van der Waals surface area contributed by atoms with Gasteiger partial charge in [0, 0.05) is 20.0 Å². The van der Waals surface area contributed by atoms with Gasteiger partial charge in [0.15, 0.2) is 0 Å². The molecule has 2 atom stereocenters. The van der Waals surface area contributed by atoms with Crippen molar-refractivity contribution in [2.24, 2.45) is 0 Å². The first-order chi connectivity index (χ1) is 7.56. The van der Waals surface area contributed by atoms with Crippen molar-refractivity contribution in [3.05, 3.63) is 0 Å². The molecule has 5 heteroatoms. The van der Waals surface area contributed by atoms with Gasteiger partial charge in [-0.25, -0.2) is 0 Å². The Kier molecular flexibility index (Phi) is 5.06. The number of hydrogen-bond donors (Lipinski definition) is 1. The summed E-state index contributed by atoms with van der Waals surface area (Å²) in [6, 6.07) is 0.160. The molecule has 1 rings (SSSR count). The first-order valence-corrected chi connectivity index (χ1v) is 6.18. The lowest BCUT2D eigenvalue weighted by Gasteiger charge is -2.37. The molecule has 1 aliphatic carbocycles. The van der Waals surface area contributed by atoms with Crippen LogP contribution in [0.5, 0.6) is 0 Å². The third-order valence-electron chi connectivity index (χ3n) is 3.19. The van der Waals surface area contributed by atoms with Crippen LogP contribution in [0.15, 0.2) is 0 Å². The quantitative estimate of drug-likeness (QED) is 0.759. The minimum atomic E-state index is -0.157. The summed E-state index contributed by atoms with van der Waals surface area (Å²) in [5, 5.41) is 2.89. The lowest BCUT2D eigenvalue weighted by molar-refractivity contribution is -0.132. The molecule has 16 heavy (non-hydrogen) atoms. The molecule has 0 heterocycles. The summed E-state index contributed by atoms with van der Waals surface area (Å²) in [5.41, 5.74) is 0. The first kappa shape index (κ1) is 13.3. The fraction of sp³-hybridized carbons (Fsp3) is 0.818. The standard InChI is InChI=1S/C11H19ClN2O2/c1-8(15)14(2)10-6-4-3-5-9(10)13-11(16)7-12/h9-10H,3-7H2,1-2H3,(H,13,16)/t9-,10-/m1/s1. The topological polar surface area (TPSA) is 49.4 Å². The van der Waals surface area contributed by atoms with Gasteiger partial charge in [-0.3, -0.25) is 9.59 Å². The van der Waals surface area contributed by atoms with Gasteiger partial charge in [-0.1, -0.05) is 12.8 Å². The summed E-state index contributed by atoms with van der Waals surface area (Å²) in [5.74, 6) is -0.139. The Morgan fingerprint density at radius 2 is 2.00 bits per heavy atom. The second-order valence-corrected chi connectivity index (χ2v) is 4.56. The van der Waals surface area contributed by atoms with Gasteiger partial charge in [-0.05, 0) is 12.8 Å². The van der Waals surface area contributed by atoms with Crippen molar-refractivity contribution in [1.82, 2.24) is 10.2 Å². The second-order valence-electron chi connectivity index (χ2n) is 4.29. The van der Waals surface area contributed by atoms with Crippen LogP contribution >= 0.6 is 11.6 Å². The minimum absolute atomic E-state index is 0.0208. The second kappa shape index (κ2) is 6.09. The van der Waals surface area contributed by atoms with Crippen LogP contribution in [0, 0.1) is 0 Å². The van der Waals surface area contributed by atoms with Gasteiger partial charge >= 0.3 is 0 Å². The summed E-state index contributed by atoms with van der Waals surface area (Å²) < 4.78 is 0. The molecule has 0 aromatic rings. The Hall–Kier alpha value is -0.770. The summed E-state index contributed by atoms with van der Waals surface area (Å²) in [6.07, 6.45) is 4.07. The van der Waals surface area contributed by atoms with Crippen LogP contribution in [0.2, 0.25) is 0 Å². The number of carbonyl (C=O) groups is 2. The van der Waals surface area contributed by atoms with E-state index in [1.54, 1.807) is 18.9 Å². The van der Waals surface area contributed by atoms with Crippen molar-refractivity contribution in [3.63, 3.8) is 0 Å². The van der Waals surface area contributed by atoms with Crippen LogP contribution in [0.3, 0.4) is 0 Å². The Balaban J connectivity index is 2.63. The largest absolute Gasteiger partial charge is 0.350 e. The van der Waals surface area contributed by atoms with Crippen molar-refractivity contribution < 1.29 is 9.59 Å². The monoisotopic (exact) mass is 246 g/mol. The van der Waals surface area contributed by atoms with Gasteiger partial charge in [0.2, 0.25) is 11.8 Å². The lowest BCUT2D eigenvalue weighted by Crippen LogP contribution is -2.53. The lowest BCUT2D eigenvalue weighted by atomic mass is 9.89. The van der Waals surface area contributed by atoms with E-state index in [0.29, 0.717) is 0 Å². The number of amides is 2. The van der Waals surface area contributed by atoms with Crippen LogP contribution in [-0.4, -0.2) is 41.7 Å². The molecular formula is C11H19ClN2O2. The van der Waals surface area contributed by atoms with Crippen LogP contribution in [-0.2, 0) is 9.59 Å². The zero-order valence-corrected chi connectivity index (χ0v) is 10.6. The zero-order chi connectivity index (χ0) is 12.1. The molecule has 0 aromatic carbocycles. The average molecular weight is 247 g/mol. The van der Waals surface area contributed by atoms with E-state index in [-0.39, 0.29) is 29.8 Å². The Labute approximate surface area is 101 Å². The predicted octanol–water partition coefficient (Wildman–Crippen LogP) is 1.13. The fourth-order valence-electron chi connectivity index (χ4n) is 2.22. The van der Waals surface area contributed by atoms with Crippen LogP contribution in [0.4, 0.5) is 0 Å². The normalized spacial score (nSPS) is 24.9. The van der Waals surface area contributed by atoms with Crippen LogP contribution < -0.4 is 5.32 Å². The van der Waals surface area contributed by atoms with E-state index in [1.165, 1.54) is 0 Å². The molecule has 0 bridgehead atoms. The number of halogens is 1. The van der Waals surface area contributed by atoms with E-state index in [0.717, 1.165) is 25.7 Å². The first-order valence-electron chi connectivity index (χ1n) is 5.65. The van der Waals surface area contributed by atoms with E-state index in [4.69, 9.17) is 11.6 Å². The van der Waals surface area contributed by atoms with Crippen molar-refractivity contribution in [2.75, 3.05) is 12.9 Å². The molecule has 1 N–H and O–H groups in total. The highest BCUT2D eigenvalue weighted by molar-refractivity contribution is 6.27. The summed E-state index contributed by atoms with van der Waals surface area (Å²) in [4.78, 5) is 24.3. The van der Waals surface area contributed by atoms with Gasteiger partial charge in [-0.15, -0.1) is 11.6 Å². The number of likely N-dealkylation sites (N-methyl/N-ethyl adjacent to an activating group) is 1. The Bertz CT molecular complexity index is 271. The molecular weight excluding hydrogens is 228 g/mol. The van der Waals surface area contributed by atoms with Crippen LogP contribution in [0.1, 0.15) is 32.6 Å². The molecule has 1 fully saturated rings. The number of rotatable bonds is 3. The highest BCUT2D eigenvalue weighted by atomic mass is 35.5. The number of carbonyl (C=O) groups excluding carboxylic acids is 2. The summed E-state index contributed by atoms with van der Waals surface area (Å²) >= 11 is 5.47. The van der Waals surface area contributed by atoms with Crippen molar-refractivity contribution in [1.29, 1.82) is 0 Å². The zero-order valence-electron chi connectivity index (χ0n) is 9.83. The maximum Gasteiger partial charge on any atom is 0.235 e. The van der Waals surface area contributed by atoms with E-state index < -0.39 is 0 Å². The maximum atomic E-state index is 11.3. The summed E-state index contributed by atoms with van der Waals surface area (Å²) in [7, 11) is 1.79. The third kappa shape index (κ3) is 3.37. The number of nitrogens with zero attached hydrogens (tertiary/aromatic N) is 1. The van der Waals surface area contributed by atoms with E-state index in [1.807, 2.05) is 0 Å². The smallest absolute Gasteiger partial charge is 0.235 e. The van der Waals surface area contributed by atoms with Gasteiger partial charge in [0.05, 0.1) is 6.04 Å². The molecule has 0 aromatic heterocycles. The third-order valence-corrected chi connectivity index (χ3v) is 3.43. The number of alkyl halides is 1. The fourth-order valence-corrected chi connectivity index (χ4v) is 2.30. The number of hydrogen-bond acceptors (Lipinski definition) is 2. The van der Waals surface area contributed by atoms with E-state index in [2.05, 4.69) is 5.32 Å². The van der Waals surface area contributed by atoms with Crippen molar-refractivity contribution in [2.45, 2.75) is 44.7 Å². The number of nitrogens with one attached hydrogen (secondary N) is 1. The van der Waals surface area contributed by atoms with Gasteiger partial charge in [0.25, 0.3) is 0 Å². The van der Waals surface area contributed by atoms with E-state index in [9.17, 15) is 9.59 Å². The highest BCUT2D eigenvalue weighted by Gasteiger charge is 2.30. The predicted molar refractivity (Wildman–Crippen MR) is 63.4 cm³/mol. The van der Waals surface area contributed by atoms with Crippen molar-refractivity contribution >= 4 is 23.4 Å². The SMILES string of the molecule is CC(=O)N(C)[C@@H]1CCCC[C@H]1NC(=O)CCl. The Morgan fingerprint density at radius 3 is 2.56 bits per heavy atom. The maximum absolute atomic E-state index is 11.3. The summed E-state index contributed by atoms with van der Waals surface area (Å²) in [6.45, 7) is 1.55. The van der Waals surface area contributed by atoms with E-state index >= 15 is 0 Å². The molecule has 1 aliphatic rings. The molecule has 4 nitrogen and oxygen atoms in total. The molecule has 0 saturated heterocycles. The van der Waals surface area contributed by atoms with Gasteiger partial charge in [-0.2, -0.15) is 0 Å². The molecule has 0 radical (unpaired) electrons. The minimum Gasteiger partial charge on any atom is -0.350 e. The van der Waals surface area contributed by atoms with Crippen LogP contribution in [0.25, 0.3) is 0 Å². The highest BCUT2D eigenvalue weighted by Crippen LogP contribution is 2.22. The molecule has 1 saturated carbocycles. The van der Waals surface area contributed by atoms with Gasteiger partial charge in [0.1, 0.15) is 5.88 Å². The van der Waals surface area contributed by atoms with Gasteiger partial charge < -0.3 is 10.2 Å². The molecule has 0 spiro atoms. The molecule has 2 amide bonds.